The Morgan fingerprint density at radius 3 is 2.76 bits per heavy atom. The quantitative estimate of drug-likeness (QED) is 0.843. The first-order chi connectivity index (χ1) is 8.25. The third kappa shape index (κ3) is 3.75. The van der Waals surface area contributed by atoms with Crippen LogP contribution >= 0.6 is 11.8 Å². The fraction of sp³-hybridized carbons (Fsp3) is 0.462. The molecular formula is C13H17NO2S. The number of carboxylic acids is 1. The van der Waals surface area contributed by atoms with Crippen LogP contribution < -0.4 is 5.32 Å². The summed E-state index contributed by atoms with van der Waals surface area (Å²) < 4.78 is 0. The molecule has 1 unspecified atom stereocenters. The van der Waals surface area contributed by atoms with Gasteiger partial charge in [-0.25, -0.2) is 4.79 Å². The van der Waals surface area contributed by atoms with Crippen molar-refractivity contribution in [3.8, 4) is 0 Å². The van der Waals surface area contributed by atoms with E-state index in [1.807, 2.05) is 23.9 Å². The van der Waals surface area contributed by atoms with Crippen LogP contribution in [0.4, 0.5) is 0 Å². The summed E-state index contributed by atoms with van der Waals surface area (Å²) in [6.45, 7) is 1.86. The molecule has 1 aliphatic heterocycles. The van der Waals surface area contributed by atoms with E-state index in [2.05, 4.69) is 5.32 Å². The predicted molar refractivity (Wildman–Crippen MR) is 70.6 cm³/mol. The highest BCUT2D eigenvalue weighted by Gasteiger charge is 2.14. The molecular weight excluding hydrogens is 234 g/mol. The summed E-state index contributed by atoms with van der Waals surface area (Å²) in [5.74, 6) is 0.423. The molecule has 0 radical (unpaired) electrons. The van der Waals surface area contributed by atoms with Crippen molar-refractivity contribution < 1.29 is 9.90 Å². The second-order valence-electron chi connectivity index (χ2n) is 4.27. The van der Waals surface area contributed by atoms with Crippen LogP contribution in [-0.2, 0) is 6.54 Å². The summed E-state index contributed by atoms with van der Waals surface area (Å²) in [7, 11) is 0. The Bertz CT molecular complexity index is 372. The van der Waals surface area contributed by atoms with Crippen molar-refractivity contribution in [2.24, 2.45) is 0 Å². The lowest BCUT2D eigenvalue weighted by atomic mass is 10.1. The van der Waals surface area contributed by atoms with Crippen molar-refractivity contribution in [1.82, 2.24) is 5.32 Å². The smallest absolute Gasteiger partial charge is 0.335 e. The fourth-order valence-corrected chi connectivity index (χ4v) is 3.18. The maximum Gasteiger partial charge on any atom is 0.335 e. The highest BCUT2D eigenvalue weighted by Crippen LogP contribution is 2.25. The molecule has 2 rings (SSSR count). The second kappa shape index (κ2) is 6.07. The highest BCUT2D eigenvalue weighted by atomic mass is 32.2. The van der Waals surface area contributed by atoms with Crippen LogP contribution in [0.5, 0.6) is 0 Å². The van der Waals surface area contributed by atoms with Crippen molar-refractivity contribution in [3.05, 3.63) is 35.4 Å². The Labute approximate surface area is 106 Å². The van der Waals surface area contributed by atoms with Gasteiger partial charge >= 0.3 is 5.97 Å². The Kier molecular flexibility index (Phi) is 4.45. The second-order valence-corrected chi connectivity index (χ2v) is 5.68. The van der Waals surface area contributed by atoms with Gasteiger partial charge in [-0.2, -0.15) is 11.8 Å². The molecule has 92 valence electrons. The van der Waals surface area contributed by atoms with E-state index in [4.69, 9.17) is 5.11 Å². The Morgan fingerprint density at radius 1 is 1.41 bits per heavy atom. The highest BCUT2D eigenvalue weighted by molar-refractivity contribution is 8.00. The van der Waals surface area contributed by atoms with Gasteiger partial charge in [-0.3, -0.25) is 0 Å². The van der Waals surface area contributed by atoms with Gasteiger partial charge in [0, 0.05) is 18.3 Å². The van der Waals surface area contributed by atoms with Gasteiger partial charge in [0.2, 0.25) is 0 Å². The largest absolute Gasteiger partial charge is 0.478 e. The van der Waals surface area contributed by atoms with E-state index in [0.29, 0.717) is 5.56 Å². The number of thioether (sulfide) groups is 1. The van der Waals surface area contributed by atoms with Gasteiger partial charge in [-0.1, -0.05) is 12.1 Å². The van der Waals surface area contributed by atoms with Crippen LogP contribution in [-0.4, -0.2) is 28.6 Å². The van der Waals surface area contributed by atoms with E-state index in [9.17, 15) is 4.79 Å². The fourth-order valence-electron chi connectivity index (χ4n) is 1.95. The van der Waals surface area contributed by atoms with Gasteiger partial charge in [0.05, 0.1) is 5.56 Å². The molecule has 1 aliphatic rings. The first kappa shape index (κ1) is 12.5. The number of carbonyl (C=O) groups is 1. The zero-order valence-corrected chi connectivity index (χ0v) is 10.5. The van der Waals surface area contributed by atoms with Crippen molar-refractivity contribution in [2.75, 3.05) is 12.3 Å². The molecule has 0 amide bonds. The van der Waals surface area contributed by atoms with Gasteiger partial charge in [-0.05, 0) is 36.3 Å². The molecule has 0 aliphatic carbocycles. The molecule has 4 heteroatoms. The summed E-state index contributed by atoms with van der Waals surface area (Å²) in [6.07, 6.45) is 2.65. The third-order valence-corrected chi connectivity index (χ3v) is 4.32. The van der Waals surface area contributed by atoms with Crippen LogP contribution in [0.1, 0.15) is 28.8 Å². The molecule has 1 atom stereocenters. The van der Waals surface area contributed by atoms with E-state index >= 15 is 0 Å². The van der Waals surface area contributed by atoms with Crippen molar-refractivity contribution in [2.45, 2.75) is 24.6 Å². The predicted octanol–water partition coefficient (Wildman–Crippen LogP) is 2.37. The molecule has 1 aromatic carbocycles. The van der Waals surface area contributed by atoms with Gasteiger partial charge in [0.15, 0.2) is 0 Å². The lowest BCUT2D eigenvalue weighted by molar-refractivity contribution is 0.0697. The molecule has 0 spiro atoms. The molecule has 3 nitrogen and oxygen atoms in total. The van der Waals surface area contributed by atoms with E-state index < -0.39 is 5.97 Å². The lowest BCUT2D eigenvalue weighted by Gasteiger charge is -2.10. The molecule has 1 fully saturated rings. The molecule has 17 heavy (non-hydrogen) atoms. The Balaban J connectivity index is 1.76. The minimum absolute atomic E-state index is 0.347. The zero-order valence-electron chi connectivity index (χ0n) is 9.69. The molecule has 0 saturated carbocycles. The van der Waals surface area contributed by atoms with Crippen molar-refractivity contribution in [1.29, 1.82) is 0 Å². The number of rotatable bonds is 5. The first-order valence-electron chi connectivity index (χ1n) is 5.90. The number of benzene rings is 1. The number of hydrogen-bond donors (Lipinski definition) is 2. The lowest BCUT2D eigenvalue weighted by Crippen LogP contribution is -2.22. The Hall–Kier alpha value is -1.00. The summed E-state index contributed by atoms with van der Waals surface area (Å²) in [5.41, 5.74) is 1.48. The average Bonchev–Trinajstić information content (AvgIpc) is 2.83. The van der Waals surface area contributed by atoms with Crippen LogP contribution in [0.15, 0.2) is 24.3 Å². The maximum atomic E-state index is 10.7. The van der Waals surface area contributed by atoms with E-state index in [-0.39, 0.29) is 0 Å². The van der Waals surface area contributed by atoms with Crippen molar-refractivity contribution in [3.63, 3.8) is 0 Å². The van der Waals surface area contributed by atoms with Crippen LogP contribution in [0, 0.1) is 0 Å². The molecule has 0 bridgehead atoms. The molecule has 1 heterocycles. The Morgan fingerprint density at radius 2 is 2.18 bits per heavy atom. The van der Waals surface area contributed by atoms with E-state index in [1.165, 1.54) is 18.6 Å². The summed E-state index contributed by atoms with van der Waals surface area (Å²) in [5, 5.41) is 13.0. The van der Waals surface area contributed by atoms with Crippen LogP contribution in [0.25, 0.3) is 0 Å². The average molecular weight is 251 g/mol. The third-order valence-electron chi connectivity index (χ3n) is 2.93. The van der Waals surface area contributed by atoms with E-state index in [0.717, 1.165) is 23.9 Å². The summed E-state index contributed by atoms with van der Waals surface area (Å²) in [6, 6.07) is 7.06. The van der Waals surface area contributed by atoms with Crippen LogP contribution in [0.2, 0.25) is 0 Å². The monoisotopic (exact) mass is 251 g/mol. The zero-order chi connectivity index (χ0) is 12.1. The molecule has 1 saturated heterocycles. The maximum absolute atomic E-state index is 10.7. The number of hydrogen-bond acceptors (Lipinski definition) is 3. The molecule has 2 N–H and O–H groups in total. The normalized spacial score (nSPS) is 19.4. The molecule has 0 aromatic heterocycles. The van der Waals surface area contributed by atoms with Gasteiger partial charge in [0.25, 0.3) is 0 Å². The molecule has 1 aromatic rings. The van der Waals surface area contributed by atoms with Crippen molar-refractivity contribution >= 4 is 17.7 Å². The topological polar surface area (TPSA) is 49.3 Å². The van der Waals surface area contributed by atoms with Gasteiger partial charge in [-0.15, -0.1) is 0 Å². The SMILES string of the molecule is O=C(O)c1ccc(CNCC2CCCS2)cc1. The number of nitrogens with one attached hydrogen (secondary N) is 1. The van der Waals surface area contributed by atoms with E-state index in [1.54, 1.807) is 12.1 Å². The number of carboxylic acid groups (broad SMARTS) is 1. The standard InChI is InChI=1S/C13H17NO2S/c15-13(16)11-5-3-10(4-6-11)8-14-9-12-2-1-7-17-12/h3-6,12,14H,1-2,7-9H2,(H,15,16). The van der Waals surface area contributed by atoms with Gasteiger partial charge < -0.3 is 10.4 Å². The number of aromatic carboxylic acids is 1. The summed E-state index contributed by atoms with van der Waals surface area (Å²) >= 11 is 2.04. The minimum atomic E-state index is -0.869. The summed E-state index contributed by atoms with van der Waals surface area (Å²) in [4.78, 5) is 10.7. The van der Waals surface area contributed by atoms with Crippen LogP contribution in [0.3, 0.4) is 0 Å². The first-order valence-corrected chi connectivity index (χ1v) is 6.95. The van der Waals surface area contributed by atoms with Gasteiger partial charge in [0.1, 0.15) is 0 Å². The minimum Gasteiger partial charge on any atom is -0.478 e.